The van der Waals surface area contributed by atoms with E-state index in [1.54, 1.807) is 4.90 Å². The van der Waals surface area contributed by atoms with Gasteiger partial charge in [0.2, 0.25) is 5.91 Å². The summed E-state index contributed by atoms with van der Waals surface area (Å²) in [4.78, 5) is 25.4. The van der Waals surface area contributed by atoms with Crippen molar-refractivity contribution in [2.75, 3.05) is 13.1 Å². The molecule has 0 bridgehead atoms. The molecule has 0 radical (unpaired) electrons. The van der Waals surface area contributed by atoms with Gasteiger partial charge in [-0.2, -0.15) is 0 Å². The molecule has 20 heavy (non-hydrogen) atoms. The van der Waals surface area contributed by atoms with Crippen molar-refractivity contribution >= 4 is 11.9 Å². The van der Waals surface area contributed by atoms with Gasteiger partial charge in [0.1, 0.15) is 0 Å². The summed E-state index contributed by atoms with van der Waals surface area (Å²) >= 11 is 0. The zero-order chi connectivity index (χ0) is 15.2. The van der Waals surface area contributed by atoms with Gasteiger partial charge in [0.15, 0.2) is 0 Å². The van der Waals surface area contributed by atoms with E-state index in [9.17, 15) is 14.7 Å². The maximum Gasteiger partial charge on any atom is 0.309 e. The highest BCUT2D eigenvalue weighted by Crippen LogP contribution is 2.36. The van der Waals surface area contributed by atoms with Crippen LogP contribution in [0.4, 0.5) is 0 Å². The smallest absolute Gasteiger partial charge is 0.309 e. The molecule has 1 amide bonds. The standard InChI is InChI=1S/C15H28N2O3/c1-3-5-12(16)11-13(18)17-9-7-15(6-4-2,8-10-17)14(19)20/h12H,3-11,16H2,1-2H3,(H,19,20). The van der Waals surface area contributed by atoms with Crippen LogP contribution < -0.4 is 5.73 Å². The predicted molar refractivity (Wildman–Crippen MR) is 78.3 cm³/mol. The molecular weight excluding hydrogens is 256 g/mol. The molecule has 0 spiro atoms. The molecule has 5 nitrogen and oxygen atoms in total. The van der Waals surface area contributed by atoms with E-state index < -0.39 is 11.4 Å². The van der Waals surface area contributed by atoms with Gasteiger partial charge in [0, 0.05) is 25.6 Å². The monoisotopic (exact) mass is 284 g/mol. The number of rotatable bonds is 7. The Labute approximate surface area is 121 Å². The molecule has 3 N–H and O–H groups in total. The first-order valence-corrected chi connectivity index (χ1v) is 7.72. The molecule has 1 aliphatic heterocycles. The number of aliphatic carboxylic acids is 1. The normalized spacial score (nSPS) is 19.6. The lowest BCUT2D eigenvalue weighted by Crippen LogP contribution is -2.47. The molecule has 1 heterocycles. The van der Waals surface area contributed by atoms with Crippen LogP contribution in [0.1, 0.15) is 58.8 Å². The Balaban J connectivity index is 2.52. The Kier molecular flexibility index (Phi) is 6.46. The molecule has 1 unspecified atom stereocenters. The van der Waals surface area contributed by atoms with Gasteiger partial charge in [-0.1, -0.05) is 26.7 Å². The fourth-order valence-corrected chi connectivity index (χ4v) is 3.06. The van der Waals surface area contributed by atoms with Crippen molar-refractivity contribution in [3.05, 3.63) is 0 Å². The van der Waals surface area contributed by atoms with Crippen LogP contribution in [-0.2, 0) is 9.59 Å². The minimum Gasteiger partial charge on any atom is -0.481 e. The number of hydrogen-bond acceptors (Lipinski definition) is 3. The molecule has 1 aliphatic rings. The number of piperidine rings is 1. The summed E-state index contributed by atoms with van der Waals surface area (Å²) in [5, 5.41) is 9.44. The first-order chi connectivity index (χ1) is 9.45. The van der Waals surface area contributed by atoms with Crippen molar-refractivity contribution in [1.82, 2.24) is 4.90 Å². The molecule has 0 aromatic carbocycles. The van der Waals surface area contributed by atoms with Crippen LogP contribution in [-0.4, -0.2) is 41.0 Å². The van der Waals surface area contributed by atoms with E-state index >= 15 is 0 Å². The second-order valence-electron chi connectivity index (χ2n) is 5.97. The third-order valence-corrected chi connectivity index (χ3v) is 4.35. The van der Waals surface area contributed by atoms with Gasteiger partial charge >= 0.3 is 5.97 Å². The van der Waals surface area contributed by atoms with E-state index in [2.05, 4.69) is 6.92 Å². The van der Waals surface area contributed by atoms with Gasteiger partial charge in [0.25, 0.3) is 0 Å². The average molecular weight is 284 g/mol. The molecule has 5 heteroatoms. The van der Waals surface area contributed by atoms with Gasteiger partial charge in [-0.3, -0.25) is 9.59 Å². The van der Waals surface area contributed by atoms with Crippen molar-refractivity contribution in [2.24, 2.45) is 11.1 Å². The van der Waals surface area contributed by atoms with Gasteiger partial charge in [-0.05, 0) is 25.7 Å². The number of likely N-dealkylation sites (tertiary alicyclic amines) is 1. The zero-order valence-corrected chi connectivity index (χ0v) is 12.7. The number of carbonyl (C=O) groups excluding carboxylic acids is 1. The quantitative estimate of drug-likeness (QED) is 0.749. The Hall–Kier alpha value is -1.10. The van der Waals surface area contributed by atoms with Crippen LogP contribution in [0.2, 0.25) is 0 Å². The van der Waals surface area contributed by atoms with Crippen LogP contribution >= 0.6 is 0 Å². The van der Waals surface area contributed by atoms with Crippen LogP contribution in [0, 0.1) is 5.41 Å². The molecule has 1 fully saturated rings. The van der Waals surface area contributed by atoms with E-state index in [0.29, 0.717) is 38.8 Å². The molecule has 116 valence electrons. The first kappa shape index (κ1) is 17.0. The zero-order valence-electron chi connectivity index (χ0n) is 12.7. The molecule has 1 atom stereocenters. The van der Waals surface area contributed by atoms with Crippen molar-refractivity contribution in [1.29, 1.82) is 0 Å². The molecule has 1 rings (SSSR count). The number of nitrogens with zero attached hydrogens (tertiary/aromatic N) is 1. The second kappa shape index (κ2) is 7.62. The lowest BCUT2D eigenvalue weighted by atomic mass is 9.75. The summed E-state index contributed by atoms with van der Waals surface area (Å²) in [6.07, 6.45) is 4.89. The van der Waals surface area contributed by atoms with Crippen molar-refractivity contribution in [3.8, 4) is 0 Å². The highest BCUT2D eigenvalue weighted by Gasteiger charge is 2.41. The van der Waals surface area contributed by atoms with Crippen LogP contribution in [0.15, 0.2) is 0 Å². The number of carbonyl (C=O) groups is 2. The molecule has 1 saturated heterocycles. The van der Waals surface area contributed by atoms with E-state index in [4.69, 9.17) is 5.73 Å². The van der Waals surface area contributed by atoms with E-state index in [1.165, 1.54) is 0 Å². The molecule has 0 aromatic rings. The van der Waals surface area contributed by atoms with Crippen molar-refractivity contribution in [3.63, 3.8) is 0 Å². The van der Waals surface area contributed by atoms with Gasteiger partial charge in [-0.15, -0.1) is 0 Å². The van der Waals surface area contributed by atoms with E-state index in [-0.39, 0.29) is 11.9 Å². The average Bonchev–Trinajstić information content (AvgIpc) is 2.39. The fraction of sp³-hybridized carbons (Fsp3) is 0.867. The van der Waals surface area contributed by atoms with Gasteiger partial charge < -0.3 is 15.7 Å². The third kappa shape index (κ3) is 4.20. The Morgan fingerprint density at radius 3 is 2.30 bits per heavy atom. The summed E-state index contributed by atoms with van der Waals surface area (Å²) in [6.45, 7) is 5.15. The summed E-state index contributed by atoms with van der Waals surface area (Å²) < 4.78 is 0. The minimum atomic E-state index is -0.714. The number of carboxylic acids is 1. The van der Waals surface area contributed by atoms with Gasteiger partial charge in [0.05, 0.1) is 5.41 Å². The largest absolute Gasteiger partial charge is 0.481 e. The van der Waals surface area contributed by atoms with E-state index in [0.717, 1.165) is 19.3 Å². The minimum absolute atomic E-state index is 0.0708. The lowest BCUT2D eigenvalue weighted by Gasteiger charge is -2.39. The number of carboxylic acid groups (broad SMARTS) is 1. The van der Waals surface area contributed by atoms with Crippen molar-refractivity contribution < 1.29 is 14.7 Å². The molecule has 0 saturated carbocycles. The first-order valence-electron chi connectivity index (χ1n) is 7.72. The SMILES string of the molecule is CCCC(N)CC(=O)N1CCC(CCC)(C(=O)O)CC1. The van der Waals surface area contributed by atoms with Crippen LogP contribution in [0.3, 0.4) is 0 Å². The van der Waals surface area contributed by atoms with Crippen LogP contribution in [0.5, 0.6) is 0 Å². The molecule has 0 aromatic heterocycles. The molecular formula is C15H28N2O3. The van der Waals surface area contributed by atoms with Crippen LogP contribution in [0.25, 0.3) is 0 Å². The number of hydrogen-bond donors (Lipinski definition) is 2. The summed E-state index contributed by atoms with van der Waals surface area (Å²) in [5.74, 6) is -0.643. The Morgan fingerprint density at radius 2 is 1.85 bits per heavy atom. The highest BCUT2D eigenvalue weighted by atomic mass is 16.4. The second-order valence-corrected chi connectivity index (χ2v) is 5.97. The maximum atomic E-state index is 12.1. The Morgan fingerprint density at radius 1 is 1.25 bits per heavy atom. The molecule has 0 aliphatic carbocycles. The summed E-state index contributed by atoms with van der Waals surface area (Å²) in [6, 6.07) is -0.0747. The fourth-order valence-electron chi connectivity index (χ4n) is 3.06. The highest BCUT2D eigenvalue weighted by molar-refractivity contribution is 5.78. The number of nitrogens with two attached hydrogens (primary N) is 1. The maximum absolute atomic E-state index is 12.1. The van der Waals surface area contributed by atoms with E-state index in [1.807, 2.05) is 6.92 Å². The topological polar surface area (TPSA) is 83.6 Å². The predicted octanol–water partition coefficient (Wildman–Crippen LogP) is 2.00. The summed E-state index contributed by atoms with van der Waals surface area (Å²) in [5.41, 5.74) is 5.27. The lowest BCUT2D eigenvalue weighted by molar-refractivity contribution is -0.155. The Bertz CT molecular complexity index is 336. The van der Waals surface area contributed by atoms with Gasteiger partial charge in [-0.25, -0.2) is 0 Å². The third-order valence-electron chi connectivity index (χ3n) is 4.35. The number of amides is 1. The summed E-state index contributed by atoms with van der Waals surface area (Å²) in [7, 11) is 0. The van der Waals surface area contributed by atoms with Crippen molar-refractivity contribution in [2.45, 2.75) is 64.8 Å².